The van der Waals surface area contributed by atoms with Crippen LogP contribution >= 0.6 is 11.8 Å². The van der Waals surface area contributed by atoms with Crippen molar-refractivity contribution >= 4 is 34.4 Å². The molecule has 150 valence electrons. The first kappa shape index (κ1) is 22.1. The molecule has 0 aliphatic heterocycles. The Labute approximate surface area is 170 Å². The van der Waals surface area contributed by atoms with E-state index in [2.05, 4.69) is 4.72 Å². The van der Waals surface area contributed by atoms with Gasteiger partial charge in [-0.15, -0.1) is 11.8 Å². The second kappa shape index (κ2) is 9.81. The fraction of sp³-hybridized carbons (Fsp3) is 0.316. The number of aliphatic carboxylic acids is 1. The topological polar surface area (TPSA) is 110 Å². The predicted molar refractivity (Wildman–Crippen MR) is 110 cm³/mol. The molecule has 2 N–H and O–H groups in total. The molecule has 0 saturated carbocycles. The van der Waals surface area contributed by atoms with Gasteiger partial charge in [-0.05, 0) is 30.7 Å². The van der Waals surface area contributed by atoms with Gasteiger partial charge < -0.3 is 5.11 Å². The lowest BCUT2D eigenvalue weighted by molar-refractivity contribution is -0.385. The average Bonchev–Trinajstić information content (AvgIpc) is 2.61. The summed E-state index contributed by atoms with van der Waals surface area (Å²) in [5.41, 5.74) is 1.33. The molecule has 2 aromatic rings. The third-order valence-corrected chi connectivity index (χ3v) is 6.10. The minimum atomic E-state index is -1.67. The number of benzene rings is 2. The molecular formula is C19H22N2O5S2. The van der Waals surface area contributed by atoms with E-state index in [9.17, 15) is 24.2 Å². The SMILES string of the molecule is Cc1ccc(S(=O)NC(CC(=O)O)c2cc([N+](=O)[O-])ccc2SC(C)C)cc1. The van der Waals surface area contributed by atoms with Crippen LogP contribution in [0.1, 0.15) is 37.4 Å². The molecule has 9 heteroatoms. The van der Waals surface area contributed by atoms with Crippen molar-refractivity contribution in [1.82, 2.24) is 4.72 Å². The molecule has 0 aromatic heterocycles. The van der Waals surface area contributed by atoms with Gasteiger partial charge in [0.15, 0.2) is 0 Å². The number of nitrogens with zero attached hydrogens (tertiary/aromatic N) is 1. The maximum Gasteiger partial charge on any atom is 0.305 e. The number of carboxylic acid groups (broad SMARTS) is 1. The highest BCUT2D eigenvalue weighted by Crippen LogP contribution is 2.35. The van der Waals surface area contributed by atoms with Crippen molar-refractivity contribution in [1.29, 1.82) is 0 Å². The summed E-state index contributed by atoms with van der Waals surface area (Å²) in [6.45, 7) is 5.85. The number of hydrogen-bond acceptors (Lipinski definition) is 5. The zero-order chi connectivity index (χ0) is 20.8. The first-order valence-corrected chi connectivity index (χ1v) is 10.6. The van der Waals surface area contributed by atoms with Crippen molar-refractivity contribution in [2.75, 3.05) is 0 Å². The zero-order valence-corrected chi connectivity index (χ0v) is 17.4. The van der Waals surface area contributed by atoms with Crippen molar-refractivity contribution in [2.24, 2.45) is 0 Å². The number of carbonyl (C=O) groups is 1. The molecule has 0 fully saturated rings. The molecular weight excluding hydrogens is 400 g/mol. The van der Waals surface area contributed by atoms with E-state index in [1.54, 1.807) is 18.2 Å². The second-order valence-corrected chi connectivity index (χ2v) is 9.36. The molecule has 0 aliphatic rings. The van der Waals surface area contributed by atoms with Crippen molar-refractivity contribution in [3.63, 3.8) is 0 Å². The van der Waals surface area contributed by atoms with Crippen LogP contribution in [0.2, 0.25) is 0 Å². The zero-order valence-electron chi connectivity index (χ0n) is 15.7. The first-order chi connectivity index (χ1) is 13.2. The van der Waals surface area contributed by atoms with E-state index in [4.69, 9.17) is 0 Å². The first-order valence-electron chi connectivity index (χ1n) is 8.58. The number of nitro benzene ring substituents is 1. The normalized spacial score (nSPS) is 13.3. The van der Waals surface area contributed by atoms with Crippen molar-refractivity contribution < 1.29 is 19.0 Å². The molecule has 7 nitrogen and oxygen atoms in total. The van der Waals surface area contributed by atoms with Crippen LogP contribution in [-0.4, -0.2) is 25.5 Å². The van der Waals surface area contributed by atoms with Gasteiger partial charge in [0, 0.05) is 22.3 Å². The summed E-state index contributed by atoms with van der Waals surface area (Å²) in [4.78, 5) is 23.3. The maximum atomic E-state index is 12.7. The van der Waals surface area contributed by atoms with E-state index in [-0.39, 0.29) is 17.4 Å². The minimum Gasteiger partial charge on any atom is -0.481 e. The highest BCUT2D eigenvalue weighted by Gasteiger charge is 2.24. The summed E-state index contributed by atoms with van der Waals surface area (Å²) in [6, 6.07) is 10.6. The van der Waals surface area contributed by atoms with Gasteiger partial charge in [-0.2, -0.15) is 0 Å². The van der Waals surface area contributed by atoms with Gasteiger partial charge in [0.2, 0.25) is 0 Å². The molecule has 0 amide bonds. The quantitative estimate of drug-likeness (QED) is 0.355. The van der Waals surface area contributed by atoms with Crippen LogP contribution in [0, 0.1) is 17.0 Å². The van der Waals surface area contributed by atoms with Crippen LogP contribution in [0.25, 0.3) is 0 Å². The number of aryl methyl sites for hydroxylation is 1. The monoisotopic (exact) mass is 422 g/mol. The summed E-state index contributed by atoms with van der Waals surface area (Å²) in [6.07, 6.45) is -0.357. The maximum absolute atomic E-state index is 12.7. The Kier molecular flexibility index (Phi) is 7.73. The van der Waals surface area contributed by atoms with Gasteiger partial charge in [-0.25, -0.2) is 8.93 Å². The molecule has 0 spiro atoms. The van der Waals surface area contributed by atoms with Gasteiger partial charge in [-0.1, -0.05) is 31.5 Å². The van der Waals surface area contributed by atoms with E-state index in [1.807, 2.05) is 32.9 Å². The number of hydrogen-bond donors (Lipinski definition) is 2. The number of carboxylic acids is 1. The number of nitrogens with one attached hydrogen (secondary N) is 1. The second-order valence-electron chi connectivity index (χ2n) is 6.50. The average molecular weight is 423 g/mol. The predicted octanol–water partition coefficient (Wildman–Crippen LogP) is 4.23. The van der Waals surface area contributed by atoms with Gasteiger partial charge >= 0.3 is 5.97 Å². The fourth-order valence-corrected chi connectivity index (χ4v) is 4.51. The van der Waals surface area contributed by atoms with Crippen molar-refractivity contribution in [3.05, 3.63) is 63.7 Å². The lowest BCUT2D eigenvalue weighted by Gasteiger charge is -2.20. The Morgan fingerprint density at radius 3 is 2.43 bits per heavy atom. The largest absolute Gasteiger partial charge is 0.481 e. The molecule has 0 heterocycles. The van der Waals surface area contributed by atoms with Crippen molar-refractivity contribution in [2.45, 2.75) is 48.3 Å². The molecule has 2 atom stereocenters. The van der Waals surface area contributed by atoms with Crippen molar-refractivity contribution in [3.8, 4) is 0 Å². The Hall–Kier alpha value is -2.23. The van der Waals surface area contributed by atoms with E-state index < -0.39 is 27.9 Å². The summed E-state index contributed by atoms with van der Waals surface area (Å²) in [5, 5.41) is 20.7. The van der Waals surface area contributed by atoms with E-state index >= 15 is 0 Å². The molecule has 2 unspecified atom stereocenters. The van der Waals surface area contributed by atoms with Crippen LogP contribution < -0.4 is 4.72 Å². The number of nitro groups is 1. The summed E-state index contributed by atoms with van der Waals surface area (Å²) >= 11 is 1.47. The number of non-ortho nitro benzene ring substituents is 1. The minimum absolute atomic E-state index is 0.138. The van der Waals surface area contributed by atoms with E-state index in [1.165, 1.54) is 23.9 Å². The van der Waals surface area contributed by atoms with Crippen LogP contribution in [0.4, 0.5) is 5.69 Å². The third-order valence-electron chi connectivity index (χ3n) is 3.81. The Balaban J connectivity index is 2.43. The molecule has 0 bridgehead atoms. The van der Waals surface area contributed by atoms with Crippen LogP contribution in [0.15, 0.2) is 52.3 Å². The van der Waals surface area contributed by atoms with Crippen LogP contribution in [0.3, 0.4) is 0 Å². The van der Waals surface area contributed by atoms with E-state index in [0.717, 1.165) is 10.5 Å². The summed E-state index contributed by atoms with van der Waals surface area (Å²) in [5.74, 6) is -1.09. The van der Waals surface area contributed by atoms with Crippen LogP contribution in [0.5, 0.6) is 0 Å². The highest BCUT2D eigenvalue weighted by molar-refractivity contribution is 8.00. The molecule has 0 aliphatic carbocycles. The van der Waals surface area contributed by atoms with Gasteiger partial charge in [0.1, 0.15) is 11.0 Å². The van der Waals surface area contributed by atoms with Gasteiger partial charge in [0.25, 0.3) is 5.69 Å². The van der Waals surface area contributed by atoms with Crippen LogP contribution in [-0.2, 0) is 15.8 Å². The van der Waals surface area contributed by atoms with E-state index in [0.29, 0.717) is 10.5 Å². The molecule has 2 aromatic carbocycles. The van der Waals surface area contributed by atoms with Gasteiger partial charge in [0.05, 0.1) is 22.3 Å². The smallest absolute Gasteiger partial charge is 0.305 e. The fourth-order valence-electron chi connectivity index (χ4n) is 2.53. The molecule has 0 saturated heterocycles. The molecule has 0 radical (unpaired) electrons. The molecule has 28 heavy (non-hydrogen) atoms. The highest BCUT2D eigenvalue weighted by atomic mass is 32.2. The summed E-state index contributed by atoms with van der Waals surface area (Å²) < 4.78 is 15.6. The molecule has 2 rings (SSSR count). The third kappa shape index (κ3) is 6.15. The Morgan fingerprint density at radius 2 is 1.89 bits per heavy atom. The Morgan fingerprint density at radius 1 is 1.25 bits per heavy atom. The summed E-state index contributed by atoms with van der Waals surface area (Å²) in [7, 11) is -1.67. The lowest BCUT2D eigenvalue weighted by atomic mass is 10.0. The number of rotatable bonds is 9. The number of thioether (sulfide) groups is 1. The Bertz CT molecular complexity index is 884. The lowest BCUT2D eigenvalue weighted by Crippen LogP contribution is -2.26. The van der Waals surface area contributed by atoms with Gasteiger partial charge in [-0.3, -0.25) is 14.9 Å². The standard InChI is InChI=1S/C19H22N2O5S2/c1-12(2)27-18-9-6-14(21(24)25)10-16(18)17(11-19(22)23)20-28(26)15-7-4-13(3)5-8-15/h4-10,12,17,20H,11H2,1-3H3,(H,22,23).